The van der Waals surface area contributed by atoms with Crippen molar-refractivity contribution in [2.24, 2.45) is 0 Å². The number of carbonyl (C=O) groups is 1. The second kappa shape index (κ2) is 8.15. The van der Waals surface area contributed by atoms with E-state index in [0.29, 0.717) is 0 Å². The molecule has 0 heterocycles. The fourth-order valence-electron chi connectivity index (χ4n) is 1.11. The largest absolute Gasteiger partial charge is 0.459 e. The van der Waals surface area contributed by atoms with E-state index in [1.807, 2.05) is 0 Å². The van der Waals surface area contributed by atoms with Crippen LogP contribution in [0.3, 0.4) is 0 Å². The van der Waals surface area contributed by atoms with Gasteiger partial charge in [-0.05, 0) is 0 Å². The molecule has 17 heavy (non-hydrogen) atoms. The molecule has 0 bridgehead atoms. The van der Waals surface area contributed by atoms with Crippen molar-refractivity contribution in [3.8, 4) is 0 Å². The molecule has 0 aromatic carbocycles. The van der Waals surface area contributed by atoms with Gasteiger partial charge in [-0.1, -0.05) is 12.7 Å². The van der Waals surface area contributed by atoms with E-state index in [9.17, 15) is 15.0 Å². The first-order valence-electron chi connectivity index (χ1n) is 4.95. The first-order valence-corrected chi connectivity index (χ1v) is 4.95. The van der Waals surface area contributed by atoms with E-state index in [4.69, 9.17) is 10.2 Å². The third-order valence-corrected chi connectivity index (χ3v) is 2.07. The van der Waals surface area contributed by atoms with E-state index < -0.39 is 37.0 Å². The van der Waals surface area contributed by atoms with Crippen LogP contribution in [0.4, 0.5) is 0 Å². The molecule has 4 atom stereocenters. The number of ether oxygens (including phenoxy) is 2. The monoisotopic (exact) mass is 250 g/mol. The zero-order valence-electron chi connectivity index (χ0n) is 9.52. The van der Waals surface area contributed by atoms with Gasteiger partial charge in [0.2, 0.25) is 0 Å². The molecule has 0 amide bonds. The van der Waals surface area contributed by atoms with Crippen LogP contribution in [-0.4, -0.2) is 71.1 Å². The van der Waals surface area contributed by atoms with E-state index in [0.717, 1.165) is 7.11 Å². The average molecular weight is 250 g/mol. The number of aliphatic hydroxyl groups excluding tert-OH is 4. The number of rotatable bonds is 8. The third-order valence-electron chi connectivity index (χ3n) is 2.07. The lowest BCUT2D eigenvalue weighted by Crippen LogP contribution is -2.49. The van der Waals surface area contributed by atoms with E-state index in [-0.39, 0.29) is 6.61 Å². The van der Waals surface area contributed by atoms with Gasteiger partial charge < -0.3 is 29.9 Å². The number of esters is 1. The topological polar surface area (TPSA) is 116 Å². The molecule has 0 aliphatic heterocycles. The number of hydrogen-bond donors (Lipinski definition) is 4. The minimum atomic E-state index is -1.72. The first kappa shape index (κ1) is 16.0. The van der Waals surface area contributed by atoms with Crippen molar-refractivity contribution >= 4 is 5.97 Å². The number of aliphatic hydroxyl groups is 4. The van der Waals surface area contributed by atoms with Crippen LogP contribution in [0, 0.1) is 0 Å². The second-order valence-electron chi connectivity index (χ2n) is 3.31. The van der Waals surface area contributed by atoms with Crippen molar-refractivity contribution in [3.05, 3.63) is 12.7 Å². The Labute approximate surface area is 98.9 Å². The Bertz CT molecular complexity index is 243. The molecule has 7 heteroatoms. The van der Waals surface area contributed by atoms with Crippen LogP contribution in [0.1, 0.15) is 0 Å². The normalized spacial score (nSPS) is 17.9. The van der Waals surface area contributed by atoms with Crippen LogP contribution < -0.4 is 0 Å². The van der Waals surface area contributed by atoms with Crippen molar-refractivity contribution in [1.29, 1.82) is 0 Å². The lowest BCUT2D eigenvalue weighted by atomic mass is 10.0. The molecule has 0 aromatic rings. The molecule has 0 aliphatic carbocycles. The van der Waals surface area contributed by atoms with Crippen molar-refractivity contribution in [2.75, 3.05) is 20.3 Å². The molecular formula is C10H18O7. The Morgan fingerprint density at radius 3 is 2.35 bits per heavy atom. The second-order valence-corrected chi connectivity index (χ2v) is 3.31. The fourth-order valence-corrected chi connectivity index (χ4v) is 1.11. The summed E-state index contributed by atoms with van der Waals surface area (Å²) in [7, 11) is 1.14. The number of methoxy groups -OCH3 is 1. The lowest BCUT2D eigenvalue weighted by molar-refractivity contribution is -0.173. The third kappa shape index (κ3) is 4.80. The standard InChI is InChI=1S/C10H18O7/c1-3-4-17-10(15)9(16-2)8(14)7(13)6(12)5-11/h3,6-9,11-14H,1,4-5H2,2H3/t6-,7-,8+,9-/m1/s1. The van der Waals surface area contributed by atoms with Gasteiger partial charge in [-0.3, -0.25) is 0 Å². The summed E-state index contributed by atoms with van der Waals surface area (Å²) in [6.07, 6.45) is -5.13. The molecule has 0 spiro atoms. The van der Waals surface area contributed by atoms with Gasteiger partial charge in [0.25, 0.3) is 0 Å². The van der Waals surface area contributed by atoms with E-state index >= 15 is 0 Å². The molecule has 0 aromatic heterocycles. The van der Waals surface area contributed by atoms with Crippen LogP contribution in [-0.2, 0) is 14.3 Å². The maximum atomic E-state index is 11.4. The van der Waals surface area contributed by atoms with E-state index in [1.54, 1.807) is 0 Å². The summed E-state index contributed by atoms with van der Waals surface area (Å²) in [5.74, 6) is -0.899. The van der Waals surface area contributed by atoms with Crippen LogP contribution >= 0.6 is 0 Å². The van der Waals surface area contributed by atoms with Gasteiger partial charge in [0, 0.05) is 7.11 Å². The smallest absolute Gasteiger partial charge is 0.338 e. The fraction of sp³-hybridized carbons (Fsp3) is 0.700. The SMILES string of the molecule is C=CCOC(=O)[C@H](OC)[C@@H](O)[C@H](O)[C@H](O)CO. The lowest BCUT2D eigenvalue weighted by Gasteiger charge is -2.26. The summed E-state index contributed by atoms with van der Waals surface area (Å²) in [6, 6.07) is 0. The molecular weight excluding hydrogens is 232 g/mol. The van der Waals surface area contributed by atoms with Crippen molar-refractivity contribution < 1.29 is 34.7 Å². The van der Waals surface area contributed by atoms with Crippen LogP contribution in [0.25, 0.3) is 0 Å². The van der Waals surface area contributed by atoms with Crippen LogP contribution in [0.2, 0.25) is 0 Å². The summed E-state index contributed by atoms with van der Waals surface area (Å²) in [5, 5.41) is 36.7. The molecule has 4 N–H and O–H groups in total. The van der Waals surface area contributed by atoms with Crippen molar-refractivity contribution in [3.63, 3.8) is 0 Å². The molecule has 0 fully saturated rings. The Kier molecular flexibility index (Phi) is 7.68. The van der Waals surface area contributed by atoms with Gasteiger partial charge in [0.1, 0.15) is 24.9 Å². The zero-order valence-corrected chi connectivity index (χ0v) is 9.52. The van der Waals surface area contributed by atoms with Gasteiger partial charge in [-0.15, -0.1) is 0 Å². The van der Waals surface area contributed by atoms with Gasteiger partial charge >= 0.3 is 5.97 Å². The highest BCUT2D eigenvalue weighted by molar-refractivity contribution is 5.75. The molecule has 7 nitrogen and oxygen atoms in total. The summed E-state index contributed by atoms with van der Waals surface area (Å²) in [5.41, 5.74) is 0. The Morgan fingerprint density at radius 1 is 1.35 bits per heavy atom. The minimum Gasteiger partial charge on any atom is -0.459 e. The van der Waals surface area contributed by atoms with Crippen LogP contribution in [0.5, 0.6) is 0 Å². The molecule has 0 rings (SSSR count). The van der Waals surface area contributed by atoms with E-state index in [1.165, 1.54) is 6.08 Å². The Morgan fingerprint density at radius 2 is 1.94 bits per heavy atom. The van der Waals surface area contributed by atoms with E-state index in [2.05, 4.69) is 16.1 Å². The van der Waals surface area contributed by atoms with Gasteiger partial charge in [0.05, 0.1) is 6.61 Å². The molecule has 100 valence electrons. The van der Waals surface area contributed by atoms with Crippen LogP contribution in [0.15, 0.2) is 12.7 Å². The summed E-state index contributed by atoms with van der Waals surface area (Å²) in [4.78, 5) is 11.4. The number of hydrogen-bond acceptors (Lipinski definition) is 7. The highest BCUT2D eigenvalue weighted by Crippen LogP contribution is 2.09. The quantitative estimate of drug-likeness (QED) is 0.285. The Hall–Kier alpha value is -0.990. The molecule has 0 radical (unpaired) electrons. The maximum Gasteiger partial charge on any atom is 0.338 e. The summed E-state index contributed by atoms with van der Waals surface area (Å²) < 4.78 is 9.31. The summed E-state index contributed by atoms with van der Waals surface area (Å²) in [6.45, 7) is 2.52. The Balaban J connectivity index is 4.52. The average Bonchev–Trinajstić information content (AvgIpc) is 2.34. The predicted octanol–water partition coefficient (Wildman–Crippen LogP) is -2.19. The molecule has 0 saturated carbocycles. The first-order chi connectivity index (χ1) is 7.99. The number of carbonyl (C=O) groups excluding carboxylic acids is 1. The predicted molar refractivity (Wildman–Crippen MR) is 57.1 cm³/mol. The zero-order chi connectivity index (χ0) is 13.4. The maximum absolute atomic E-state index is 11.4. The van der Waals surface area contributed by atoms with Gasteiger partial charge in [-0.2, -0.15) is 0 Å². The van der Waals surface area contributed by atoms with Gasteiger partial charge in [-0.25, -0.2) is 4.79 Å². The minimum absolute atomic E-state index is 0.0654. The highest BCUT2D eigenvalue weighted by atomic mass is 16.6. The molecule has 0 unspecified atom stereocenters. The van der Waals surface area contributed by atoms with Crippen molar-refractivity contribution in [1.82, 2.24) is 0 Å². The summed E-state index contributed by atoms with van der Waals surface area (Å²) >= 11 is 0. The van der Waals surface area contributed by atoms with Crippen molar-refractivity contribution in [2.45, 2.75) is 24.4 Å². The molecule has 0 saturated heterocycles. The van der Waals surface area contributed by atoms with Gasteiger partial charge in [0.15, 0.2) is 6.10 Å². The molecule has 0 aliphatic rings. The highest BCUT2D eigenvalue weighted by Gasteiger charge is 2.36.